The average Bonchev–Trinajstić information content (AvgIpc) is 3.62. The van der Waals surface area contributed by atoms with Gasteiger partial charge in [0.05, 0.1) is 23.7 Å². The Morgan fingerprint density at radius 2 is 1.74 bits per heavy atom. The van der Waals surface area contributed by atoms with Crippen molar-refractivity contribution < 1.29 is 14.0 Å². The van der Waals surface area contributed by atoms with Crippen molar-refractivity contribution in [2.75, 3.05) is 6.54 Å². The molecule has 2 aromatic carbocycles. The maximum Gasteiger partial charge on any atom is 0.243 e. The summed E-state index contributed by atoms with van der Waals surface area (Å²) in [4.78, 5) is 33.0. The van der Waals surface area contributed by atoms with E-state index < -0.39 is 23.7 Å². The molecule has 5 rings (SSSR count). The first kappa shape index (κ1) is 26.5. The van der Waals surface area contributed by atoms with Crippen LogP contribution in [-0.4, -0.2) is 50.2 Å². The number of nitrogens with zero attached hydrogens (tertiary/aromatic N) is 4. The van der Waals surface area contributed by atoms with Crippen LogP contribution in [0, 0.1) is 5.41 Å². The topological polar surface area (TPSA) is 80.1 Å². The number of alkyl halides is 1. The lowest BCUT2D eigenvalue weighted by Crippen LogP contribution is -2.51. The monoisotopic (exact) mass is 527 g/mol. The Bertz CT molecular complexity index is 1370. The third-order valence-corrected chi connectivity index (χ3v) is 7.64. The van der Waals surface area contributed by atoms with E-state index in [9.17, 15) is 14.0 Å². The van der Waals surface area contributed by atoms with Gasteiger partial charge in [-0.2, -0.15) is 5.10 Å². The molecule has 4 atom stereocenters. The van der Waals surface area contributed by atoms with Crippen LogP contribution in [0.4, 0.5) is 4.39 Å². The molecule has 8 heteroatoms. The minimum absolute atomic E-state index is 0.0308. The number of benzene rings is 2. The van der Waals surface area contributed by atoms with Crippen molar-refractivity contribution in [2.45, 2.75) is 57.8 Å². The molecule has 1 N–H and O–H groups in total. The van der Waals surface area contributed by atoms with Crippen LogP contribution in [0.5, 0.6) is 0 Å². The van der Waals surface area contributed by atoms with E-state index in [1.165, 1.54) is 16.8 Å². The van der Waals surface area contributed by atoms with E-state index in [2.05, 4.69) is 41.4 Å². The number of halogens is 1. The second kappa shape index (κ2) is 11.0. The summed E-state index contributed by atoms with van der Waals surface area (Å²) in [5, 5.41) is 7.30. The Kier molecular flexibility index (Phi) is 7.46. The molecule has 1 saturated heterocycles. The van der Waals surface area contributed by atoms with Crippen LogP contribution in [-0.2, 0) is 9.59 Å². The molecule has 1 aliphatic heterocycles. The Balaban J connectivity index is 1.40. The fourth-order valence-electron chi connectivity index (χ4n) is 5.39. The SMILES string of the molecule is CC(C)c1ccc([C@@H](NC(=O)[C@@H]2C[C@@H](F)CN2C(=O)C2(C)C=C(n3cncn3)C=CC2)c2ccccc2)cc1. The number of likely N-dealkylation sites (tertiary alicyclic amines) is 1. The number of hydrogen-bond acceptors (Lipinski definition) is 4. The van der Waals surface area contributed by atoms with Gasteiger partial charge in [-0.25, -0.2) is 14.1 Å². The summed E-state index contributed by atoms with van der Waals surface area (Å²) >= 11 is 0. The number of carbonyl (C=O) groups is 2. The third-order valence-electron chi connectivity index (χ3n) is 7.64. The first-order valence-corrected chi connectivity index (χ1v) is 13.4. The fraction of sp³-hybridized carbons (Fsp3) is 0.355. The van der Waals surface area contributed by atoms with E-state index in [1.54, 1.807) is 11.0 Å². The van der Waals surface area contributed by atoms with Gasteiger partial charge in [0.25, 0.3) is 0 Å². The highest BCUT2D eigenvalue weighted by Crippen LogP contribution is 2.36. The molecule has 39 heavy (non-hydrogen) atoms. The second-order valence-electron chi connectivity index (χ2n) is 10.9. The molecule has 3 aromatic rings. The quantitative estimate of drug-likeness (QED) is 0.466. The van der Waals surface area contributed by atoms with E-state index in [0.717, 1.165) is 11.1 Å². The molecule has 0 bridgehead atoms. The highest BCUT2D eigenvalue weighted by molar-refractivity contribution is 5.93. The van der Waals surface area contributed by atoms with Gasteiger partial charge in [-0.05, 0) is 48.1 Å². The van der Waals surface area contributed by atoms with Crippen molar-refractivity contribution in [3.05, 3.63) is 102 Å². The summed E-state index contributed by atoms with van der Waals surface area (Å²) in [6, 6.07) is 16.6. The molecule has 7 nitrogen and oxygen atoms in total. The van der Waals surface area contributed by atoms with Crippen LogP contribution >= 0.6 is 0 Å². The predicted molar refractivity (Wildman–Crippen MR) is 148 cm³/mol. The minimum Gasteiger partial charge on any atom is -0.343 e. The largest absolute Gasteiger partial charge is 0.343 e. The highest BCUT2D eigenvalue weighted by atomic mass is 19.1. The van der Waals surface area contributed by atoms with Crippen molar-refractivity contribution >= 4 is 17.5 Å². The number of nitrogens with one attached hydrogen (secondary N) is 1. The smallest absolute Gasteiger partial charge is 0.243 e. The highest BCUT2D eigenvalue weighted by Gasteiger charge is 2.46. The lowest BCUT2D eigenvalue weighted by atomic mass is 9.81. The summed E-state index contributed by atoms with van der Waals surface area (Å²) < 4.78 is 16.4. The zero-order valence-corrected chi connectivity index (χ0v) is 22.5. The summed E-state index contributed by atoms with van der Waals surface area (Å²) in [5.41, 5.74) is 2.82. The molecule has 0 radical (unpaired) electrons. The van der Waals surface area contributed by atoms with Gasteiger partial charge in [0.15, 0.2) is 0 Å². The summed E-state index contributed by atoms with van der Waals surface area (Å²) in [6.07, 6.45) is 7.74. The molecule has 1 fully saturated rings. The molecule has 0 saturated carbocycles. The summed E-state index contributed by atoms with van der Waals surface area (Å²) in [7, 11) is 0. The number of amides is 2. The number of allylic oxidation sites excluding steroid dienone is 3. The second-order valence-corrected chi connectivity index (χ2v) is 10.9. The molecule has 1 aromatic heterocycles. The number of hydrogen-bond donors (Lipinski definition) is 1. The van der Waals surface area contributed by atoms with Gasteiger partial charge in [0.2, 0.25) is 11.8 Å². The van der Waals surface area contributed by atoms with Crippen LogP contribution < -0.4 is 5.32 Å². The first-order chi connectivity index (χ1) is 18.7. The van der Waals surface area contributed by atoms with E-state index in [4.69, 9.17) is 0 Å². The number of aromatic nitrogens is 3. The number of carbonyl (C=O) groups excluding carboxylic acids is 2. The molecule has 2 amide bonds. The Morgan fingerprint density at radius 3 is 2.41 bits per heavy atom. The van der Waals surface area contributed by atoms with Crippen LogP contribution in [0.3, 0.4) is 0 Å². The van der Waals surface area contributed by atoms with Gasteiger partial charge < -0.3 is 10.2 Å². The zero-order chi connectivity index (χ0) is 27.6. The van der Waals surface area contributed by atoms with Crippen molar-refractivity contribution in [3.8, 4) is 0 Å². The van der Waals surface area contributed by atoms with E-state index in [-0.39, 0.29) is 24.8 Å². The van der Waals surface area contributed by atoms with Gasteiger partial charge >= 0.3 is 0 Å². The van der Waals surface area contributed by atoms with Crippen molar-refractivity contribution in [2.24, 2.45) is 5.41 Å². The molecule has 1 aliphatic carbocycles. The number of rotatable bonds is 7. The van der Waals surface area contributed by atoms with Gasteiger partial charge in [0, 0.05) is 6.42 Å². The van der Waals surface area contributed by atoms with E-state index >= 15 is 0 Å². The lowest BCUT2D eigenvalue weighted by Gasteiger charge is -2.34. The van der Waals surface area contributed by atoms with Crippen molar-refractivity contribution in [1.82, 2.24) is 25.0 Å². The molecular formula is C31H34FN5O2. The van der Waals surface area contributed by atoms with Gasteiger partial charge in [-0.15, -0.1) is 0 Å². The average molecular weight is 528 g/mol. The Morgan fingerprint density at radius 1 is 1.05 bits per heavy atom. The standard InChI is InChI=1S/C31H34FN5O2/c1-21(2)22-11-13-24(14-12-22)28(23-8-5-4-6-9-23)35-29(38)27-16-25(32)18-36(27)30(39)31(3)15-7-10-26(17-31)37-20-33-19-34-37/h4-14,17,19-21,25,27-28H,15-16,18H2,1-3H3,(H,35,38)/t25-,27+,28+,31?/m1/s1. The predicted octanol–water partition coefficient (Wildman–Crippen LogP) is 5.05. The van der Waals surface area contributed by atoms with Gasteiger partial charge in [-0.3, -0.25) is 9.59 Å². The minimum atomic E-state index is -1.27. The van der Waals surface area contributed by atoms with Gasteiger partial charge in [0.1, 0.15) is 24.9 Å². The summed E-state index contributed by atoms with van der Waals surface area (Å²) in [6.45, 7) is 5.98. The molecular weight excluding hydrogens is 493 g/mol. The van der Waals surface area contributed by atoms with Crippen LogP contribution in [0.25, 0.3) is 5.70 Å². The maximum absolute atomic E-state index is 14.8. The van der Waals surface area contributed by atoms with E-state index in [1.807, 2.05) is 67.6 Å². The van der Waals surface area contributed by atoms with Crippen LogP contribution in [0.15, 0.2) is 85.5 Å². The van der Waals surface area contributed by atoms with Gasteiger partial charge in [-0.1, -0.05) is 74.5 Å². The Hall–Kier alpha value is -4.07. The molecule has 202 valence electrons. The normalized spacial score (nSPS) is 23.5. The van der Waals surface area contributed by atoms with Crippen molar-refractivity contribution in [3.63, 3.8) is 0 Å². The first-order valence-electron chi connectivity index (χ1n) is 13.4. The lowest BCUT2D eigenvalue weighted by molar-refractivity contribution is -0.144. The van der Waals surface area contributed by atoms with Crippen LogP contribution in [0.2, 0.25) is 0 Å². The molecule has 1 unspecified atom stereocenters. The van der Waals surface area contributed by atoms with Crippen LogP contribution in [0.1, 0.15) is 62.3 Å². The Labute approximate surface area is 228 Å². The third kappa shape index (κ3) is 5.55. The summed E-state index contributed by atoms with van der Waals surface area (Å²) in [5.74, 6) is -0.249. The maximum atomic E-state index is 14.8. The molecule has 0 spiro atoms. The molecule has 2 heterocycles. The zero-order valence-electron chi connectivity index (χ0n) is 22.5. The van der Waals surface area contributed by atoms with Crippen molar-refractivity contribution in [1.29, 1.82) is 0 Å². The molecule has 2 aliphatic rings. The fourth-order valence-corrected chi connectivity index (χ4v) is 5.39. The van der Waals surface area contributed by atoms with E-state index in [0.29, 0.717) is 18.0 Å².